The van der Waals surface area contributed by atoms with Crippen molar-refractivity contribution >= 4 is 145 Å². The number of rotatable bonds is 5. The Labute approximate surface area is 379 Å². The quantitative estimate of drug-likeness (QED) is 0.127. The molecule has 0 radical (unpaired) electrons. The molecule has 302 valence electrons. The molecule has 0 saturated heterocycles. The largest absolute Gasteiger partial charge is 0.456 e. The normalized spacial score (nSPS) is 13.3. The van der Waals surface area contributed by atoms with Crippen LogP contribution in [0.5, 0.6) is 0 Å². The Hall–Kier alpha value is -6.51. The van der Waals surface area contributed by atoms with E-state index in [-0.39, 0.29) is 6.71 Å². The summed E-state index contributed by atoms with van der Waals surface area (Å²) >= 11 is 2.39. The lowest BCUT2D eigenvalue weighted by molar-refractivity contribution is 0.667. The predicted molar refractivity (Wildman–Crippen MR) is 276 cm³/mol. The van der Waals surface area contributed by atoms with Gasteiger partial charge in [0.2, 0.25) is 6.71 Å². The first kappa shape index (κ1) is 37.1. The second-order valence-corrected chi connectivity index (χ2v) is 19.1. The highest BCUT2D eigenvalue weighted by Gasteiger charge is 2.44. The molecule has 2 aromatic heterocycles. The lowest BCUT2D eigenvalue weighted by atomic mass is 9.33. The summed E-state index contributed by atoms with van der Waals surface area (Å²) in [5.74, 6) is 0. The van der Waals surface area contributed by atoms with Gasteiger partial charge in [-0.1, -0.05) is 114 Å². The maximum absolute atomic E-state index is 6.79. The van der Waals surface area contributed by atoms with Crippen molar-refractivity contribution in [3.8, 4) is 0 Å². The minimum Gasteiger partial charge on any atom is -0.456 e. The highest BCUT2D eigenvalue weighted by atomic mass is 127. The minimum absolute atomic E-state index is 0.0569. The van der Waals surface area contributed by atoms with Gasteiger partial charge in [0.25, 0.3) is 0 Å². The number of aryl methyl sites for hydroxylation is 4. The van der Waals surface area contributed by atoms with E-state index >= 15 is 0 Å². The lowest BCUT2D eigenvalue weighted by Gasteiger charge is -2.46. The fraction of sp³-hybridized carbons (Fsp3) is 0.123. The number of anilines is 6. The maximum Gasteiger partial charge on any atom is 0.248 e. The first-order valence-electron chi connectivity index (χ1n) is 22.2. The van der Waals surface area contributed by atoms with Crippen LogP contribution in [0.2, 0.25) is 0 Å². The van der Waals surface area contributed by atoms with Crippen molar-refractivity contribution in [2.75, 3.05) is 9.80 Å². The van der Waals surface area contributed by atoms with Gasteiger partial charge >= 0.3 is 0 Å². The number of furan rings is 2. The van der Waals surface area contributed by atoms with E-state index in [1.54, 1.807) is 0 Å². The number of hydrogen-bond donors (Lipinski definition) is 0. The highest BCUT2D eigenvalue weighted by Crippen LogP contribution is 2.57. The molecule has 6 heteroatoms. The molecule has 2 aliphatic rings. The van der Waals surface area contributed by atoms with E-state index in [1.807, 2.05) is 0 Å². The van der Waals surface area contributed by atoms with Crippen LogP contribution >= 0.6 is 22.6 Å². The van der Waals surface area contributed by atoms with Crippen molar-refractivity contribution in [3.05, 3.63) is 171 Å². The van der Waals surface area contributed by atoms with Gasteiger partial charge in [0.15, 0.2) is 0 Å². The second kappa shape index (κ2) is 13.7. The van der Waals surface area contributed by atoms with Crippen LogP contribution in [0.4, 0.5) is 34.1 Å². The Morgan fingerprint density at radius 2 is 1.13 bits per heavy atom. The zero-order valence-corrected chi connectivity index (χ0v) is 37.8. The molecule has 13 rings (SSSR count). The third kappa shape index (κ3) is 5.46. The molecule has 63 heavy (non-hydrogen) atoms. The monoisotopic (exact) mass is 924 g/mol. The zero-order chi connectivity index (χ0) is 42.2. The van der Waals surface area contributed by atoms with Gasteiger partial charge in [-0.15, -0.1) is 0 Å². The average molecular weight is 925 g/mol. The molecule has 0 unspecified atom stereocenters. The van der Waals surface area contributed by atoms with E-state index in [0.29, 0.717) is 0 Å². The third-order valence-electron chi connectivity index (χ3n) is 13.9. The first-order chi connectivity index (χ1) is 30.8. The van der Waals surface area contributed by atoms with Gasteiger partial charge in [-0.2, -0.15) is 0 Å². The van der Waals surface area contributed by atoms with Crippen molar-refractivity contribution in [1.82, 2.24) is 0 Å². The number of fused-ring (bicyclic) bond motifs is 13. The number of unbranched alkanes of at least 4 members (excludes halogenated alkanes) is 1. The van der Waals surface area contributed by atoms with Crippen LogP contribution in [0.3, 0.4) is 0 Å². The summed E-state index contributed by atoms with van der Waals surface area (Å²) in [6.45, 7) is 9.01. The topological polar surface area (TPSA) is 32.8 Å². The molecule has 0 bridgehead atoms. The Morgan fingerprint density at radius 3 is 1.89 bits per heavy atom. The minimum atomic E-state index is -0.0569. The van der Waals surface area contributed by atoms with E-state index in [1.165, 1.54) is 78.7 Å². The van der Waals surface area contributed by atoms with Gasteiger partial charge in [-0.25, -0.2) is 0 Å². The molecule has 0 amide bonds. The Bertz CT molecular complexity index is 3740. The van der Waals surface area contributed by atoms with E-state index in [9.17, 15) is 0 Å². The molecule has 4 heterocycles. The molecular weight excluding hydrogens is 882 g/mol. The van der Waals surface area contributed by atoms with Gasteiger partial charge in [0, 0.05) is 42.9 Å². The van der Waals surface area contributed by atoms with Crippen LogP contribution in [0.1, 0.15) is 42.0 Å². The summed E-state index contributed by atoms with van der Waals surface area (Å²) in [5, 5.41) is 9.45. The molecule has 0 N–H and O–H groups in total. The molecule has 0 aliphatic carbocycles. The summed E-state index contributed by atoms with van der Waals surface area (Å²) in [6.07, 6.45) is 3.40. The van der Waals surface area contributed by atoms with Crippen molar-refractivity contribution in [3.63, 3.8) is 0 Å². The van der Waals surface area contributed by atoms with Gasteiger partial charge in [0.1, 0.15) is 22.3 Å². The van der Waals surface area contributed by atoms with Gasteiger partial charge < -0.3 is 18.6 Å². The summed E-state index contributed by atoms with van der Waals surface area (Å²) in [5.41, 5.74) is 19.6. The van der Waals surface area contributed by atoms with Crippen molar-refractivity contribution in [2.24, 2.45) is 0 Å². The van der Waals surface area contributed by atoms with Gasteiger partial charge in [0.05, 0.1) is 28.4 Å². The average Bonchev–Trinajstić information content (AvgIpc) is 3.83. The summed E-state index contributed by atoms with van der Waals surface area (Å²) in [7, 11) is 0. The number of halogens is 1. The van der Waals surface area contributed by atoms with Crippen LogP contribution in [-0.2, 0) is 6.42 Å². The van der Waals surface area contributed by atoms with Crippen molar-refractivity contribution in [1.29, 1.82) is 0 Å². The van der Waals surface area contributed by atoms with Crippen molar-refractivity contribution < 1.29 is 8.83 Å². The zero-order valence-electron chi connectivity index (χ0n) is 35.6. The van der Waals surface area contributed by atoms with E-state index in [0.717, 1.165) is 82.3 Å². The molecule has 0 atom stereocenters. The number of nitrogens with zero attached hydrogens (tertiary/aromatic N) is 2. The fourth-order valence-corrected chi connectivity index (χ4v) is 11.7. The summed E-state index contributed by atoms with van der Waals surface area (Å²) in [6, 6.07) is 54.6. The molecule has 0 saturated carbocycles. The predicted octanol–water partition coefficient (Wildman–Crippen LogP) is 14.7. The molecule has 11 aromatic rings. The van der Waals surface area contributed by atoms with Crippen LogP contribution in [0, 0.1) is 24.3 Å². The number of hydrogen-bond acceptors (Lipinski definition) is 4. The van der Waals surface area contributed by atoms with E-state index in [4.69, 9.17) is 8.83 Å². The Balaban J connectivity index is 1.16. The second-order valence-electron chi connectivity index (χ2n) is 17.8. The molecule has 2 aliphatic heterocycles. The molecule has 0 spiro atoms. The van der Waals surface area contributed by atoms with Gasteiger partial charge in [-0.05, 0) is 149 Å². The molecule has 0 fully saturated rings. The molecule has 4 nitrogen and oxygen atoms in total. The highest BCUT2D eigenvalue weighted by molar-refractivity contribution is 14.1. The molecular formula is C57H42BIN2O2. The van der Waals surface area contributed by atoms with E-state index < -0.39 is 0 Å². The van der Waals surface area contributed by atoms with Gasteiger partial charge in [-0.3, -0.25) is 0 Å². The Kier molecular flexibility index (Phi) is 8.09. The summed E-state index contributed by atoms with van der Waals surface area (Å²) in [4.78, 5) is 5.06. The smallest absolute Gasteiger partial charge is 0.248 e. The first-order valence-corrected chi connectivity index (χ1v) is 23.3. The van der Waals surface area contributed by atoms with Crippen LogP contribution < -0.4 is 26.2 Å². The standard InChI is InChI=1S/C57H42BIN2O2/c1-5-6-11-35-16-19-42-43-21-18-40(29-53(43)62-51(42)24-35)60-48-25-36-12-7-8-13-37(36)26-49(48)61-47-31-54-45(44-20-17-39(59)28-52(44)63-54)30-46(47)58(55-33(3)22-32(2)23-34(55)4)56-41-15-10-9-14-38(41)27-50(60)57(56)61/h7-10,12-31H,5-6,11H2,1-4H3. The van der Waals surface area contributed by atoms with Crippen molar-refractivity contribution in [2.45, 2.75) is 47.0 Å². The van der Waals surface area contributed by atoms with Crippen LogP contribution in [0.15, 0.2) is 154 Å². The maximum atomic E-state index is 6.79. The number of benzene rings is 9. The van der Waals surface area contributed by atoms with Crippen LogP contribution in [0.25, 0.3) is 65.4 Å². The lowest BCUT2D eigenvalue weighted by Crippen LogP contribution is -2.59. The Morgan fingerprint density at radius 1 is 0.508 bits per heavy atom. The van der Waals surface area contributed by atoms with E-state index in [2.05, 4.69) is 206 Å². The molecule has 9 aromatic carbocycles. The summed E-state index contributed by atoms with van der Waals surface area (Å²) < 4.78 is 14.7. The fourth-order valence-electron chi connectivity index (χ4n) is 11.2. The SMILES string of the molecule is CCCCc1ccc2c(c1)oc1cc(N3c4cc5ccccc5cc4N4c5cc6oc7cc(I)ccc7c6cc5B(c5c(C)cc(C)cc5C)c5c4c3cc3ccccc53)ccc12. The third-order valence-corrected chi connectivity index (χ3v) is 14.5. The van der Waals surface area contributed by atoms with Crippen LogP contribution in [-0.4, -0.2) is 6.71 Å².